The number of hydrogen-bond acceptors (Lipinski definition) is 5. The zero-order chi connectivity index (χ0) is 23.7. The van der Waals surface area contributed by atoms with E-state index in [1.807, 2.05) is 19.2 Å². The molecule has 7 nitrogen and oxygen atoms in total. The topological polar surface area (TPSA) is 72.3 Å². The summed E-state index contributed by atoms with van der Waals surface area (Å²) in [5.41, 5.74) is 2.76. The Morgan fingerprint density at radius 1 is 1.12 bits per heavy atom. The number of carbonyl (C=O) groups is 1. The second kappa shape index (κ2) is 9.09. The molecule has 0 saturated carbocycles. The molecule has 0 spiro atoms. The first-order valence-corrected chi connectivity index (χ1v) is 11.0. The van der Waals surface area contributed by atoms with Crippen molar-refractivity contribution in [3.05, 3.63) is 78.3 Å². The van der Waals surface area contributed by atoms with E-state index in [1.165, 1.54) is 12.1 Å². The van der Waals surface area contributed by atoms with Crippen molar-refractivity contribution in [1.82, 2.24) is 14.8 Å². The fourth-order valence-electron chi connectivity index (χ4n) is 4.30. The first kappa shape index (κ1) is 21.8. The molecule has 1 saturated heterocycles. The average molecular weight is 463 g/mol. The zero-order valence-corrected chi connectivity index (χ0v) is 18.5. The first-order valence-electron chi connectivity index (χ1n) is 11.0. The van der Waals surface area contributed by atoms with Gasteiger partial charge in [-0.2, -0.15) is 5.10 Å². The van der Waals surface area contributed by atoms with E-state index in [0.29, 0.717) is 37.3 Å². The van der Waals surface area contributed by atoms with Gasteiger partial charge in [-0.05, 0) is 36.4 Å². The summed E-state index contributed by atoms with van der Waals surface area (Å²) in [7, 11) is 1.86. The molecule has 1 aliphatic rings. The molecule has 2 aromatic carbocycles. The molecule has 0 bridgehead atoms. The maximum absolute atomic E-state index is 14.0. The Kier molecular flexibility index (Phi) is 5.83. The lowest BCUT2D eigenvalue weighted by Crippen LogP contribution is -2.39. The first-order chi connectivity index (χ1) is 16.5. The molecule has 4 aromatic rings. The van der Waals surface area contributed by atoms with Crippen LogP contribution < -0.4 is 15.0 Å². The predicted octanol–water partition coefficient (Wildman–Crippen LogP) is 4.55. The normalized spacial score (nSPS) is 14.4. The van der Waals surface area contributed by atoms with E-state index in [1.54, 1.807) is 35.3 Å². The molecule has 1 N–H and O–H groups in total. The number of pyridine rings is 1. The minimum atomic E-state index is -0.707. The van der Waals surface area contributed by atoms with E-state index >= 15 is 0 Å². The van der Waals surface area contributed by atoms with Crippen molar-refractivity contribution in [1.29, 1.82) is 0 Å². The molecular formula is C25H23F2N5O2. The van der Waals surface area contributed by atoms with Crippen molar-refractivity contribution in [2.24, 2.45) is 7.05 Å². The number of hydrogen-bond donors (Lipinski definition) is 1. The van der Waals surface area contributed by atoms with Crippen LogP contribution in [0.2, 0.25) is 0 Å². The van der Waals surface area contributed by atoms with Gasteiger partial charge in [0.05, 0.1) is 23.1 Å². The van der Waals surface area contributed by atoms with E-state index in [-0.39, 0.29) is 17.8 Å². The fourth-order valence-corrected chi connectivity index (χ4v) is 4.30. The lowest BCUT2D eigenvalue weighted by atomic mass is 10.0. The van der Waals surface area contributed by atoms with Crippen LogP contribution in [0.3, 0.4) is 0 Å². The van der Waals surface area contributed by atoms with Gasteiger partial charge in [0.15, 0.2) is 11.6 Å². The van der Waals surface area contributed by atoms with Crippen LogP contribution in [0.1, 0.15) is 23.3 Å². The van der Waals surface area contributed by atoms with E-state index in [0.717, 1.165) is 22.7 Å². The van der Waals surface area contributed by atoms with E-state index in [2.05, 4.69) is 20.3 Å². The Balaban J connectivity index is 1.39. The van der Waals surface area contributed by atoms with Crippen molar-refractivity contribution >= 4 is 28.2 Å². The smallest absolute Gasteiger partial charge is 0.274 e. The minimum absolute atomic E-state index is 0.0527. The van der Waals surface area contributed by atoms with Crippen molar-refractivity contribution in [2.75, 3.05) is 23.3 Å². The average Bonchev–Trinajstić information content (AvgIpc) is 3.23. The minimum Gasteiger partial charge on any atom is -0.487 e. The van der Waals surface area contributed by atoms with Crippen molar-refractivity contribution in [2.45, 2.75) is 18.9 Å². The van der Waals surface area contributed by atoms with Gasteiger partial charge in [0.2, 0.25) is 0 Å². The summed E-state index contributed by atoms with van der Waals surface area (Å²) in [6.45, 7) is 1.26. The third-order valence-corrected chi connectivity index (χ3v) is 5.97. The van der Waals surface area contributed by atoms with Crippen LogP contribution in [0.4, 0.5) is 20.2 Å². The zero-order valence-electron chi connectivity index (χ0n) is 18.5. The van der Waals surface area contributed by atoms with Crippen molar-refractivity contribution < 1.29 is 18.3 Å². The molecule has 9 heteroatoms. The summed E-state index contributed by atoms with van der Waals surface area (Å²) in [5.74, 6) is -1.59. The maximum Gasteiger partial charge on any atom is 0.274 e. The molecule has 1 amide bonds. The lowest BCUT2D eigenvalue weighted by Gasteiger charge is -2.35. The Bertz CT molecular complexity index is 1330. The quantitative estimate of drug-likeness (QED) is 0.470. The van der Waals surface area contributed by atoms with Gasteiger partial charge in [0.1, 0.15) is 17.6 Å². The second-order valence-corrected chi connectivity index (χ2v) is 8.22. The SMILES string of the molecule is Cn1ncc2ccc(NC(=O)c3ccccn3)c(N3CCC(Oc4ccc(F)cc4F)CC3)c21. The van der Waals surface area contributed by atoms with Gasteiger partial charge in [0.25, 0.3) is 5.91 Å². The molecule has 2 aromatic heterocycles. The van der Waals surface area contributed by atoms with Gasteiger partial charge >= 0.3 is 0 Å². The number of nitrogens with one attached hydrogen (secondary N) is 1. The Hall–Kier alpha value is -4.01. The van der Waals surface area contributed by atoms with Gasteiger partial charge in [-0.3, -0.25) is 14.5 Å². The number of nitrogens with zero attached hydrogens (tertiary/aromatic N) is 4. The molecule has 1 fully saturated rings. The third-order valence-electron chi connectivity index (χ3n) is 5.97. The monoisotopic (exact) mass is 463 g/mol. The van der Waals surface area contributed by atoms with Gasteiger partial charge in [-0.15, -0.1) is 0 Å². The molecule has 34 heavy (non-hydrogen) atoms. The van der Waals surface area contributed by atoms with Gasteiger partial charge in [-0.1, -0.05) is 6.07 Å². The largest absolute Gasteiger partial charge is 0.487 e. The highest BCUT2D eigenvalue weighted by Crippen LogP contribution is 2.37. The summed E-state index contributed by atoms with van der Waals surface area (Å²) in [6, 6.07) is 12.3. The van der Waals surface area contributed by atoms with Crippen molar-refractivity contribution in [3.8, 4) is 5.75 Å². The molecule has 0 radical (unpaired) electrons. The number of benzene rings is 2. The van der Waals surface area contributed by atoms with Crippen LogP contribution in [0.15, 0.2) is 60.9 Å². The van der Waals surface area contributed by atoms with E-state index in [4.69, 9.17) is 4.74 Å². The standard InChI is InChI=1S/C25H23F2N5O2/c1-31-23-16(15-29-31)5-7-20(30-25(33)21-4-2-3-11-28-21)24(23)32-12-9-18(10-13-32)34-22-8-6-17(26)14-19(22)27/h2-8,11,14-15,18H,9-10,12-13H2,1H3,(H,30,33). The van der Waals surface area contributed by atoms with Crippen LogP contribution in [-0.4, -0.2) is 39.9 Å². The Morgan fingerprint density at radius 2 is 1.94 bits per heavy atom. The fraction of sp³-hybridized carbons (Fsp3) is 0.240. The molecule has 174 valence electrons. The number of aromatic nitrogens is 3. The molecule has 0 aliphatic carbocycles. The molecular weight excluding hydrogens is 440 g/mol. The van der Waals surface area contributed by atoms with Crippen LogP contribution in [0.25, 0.3) is 10.9 Å². The third kappa shape index (κ3) is 4.28. The van der Waals surface area contributed by atoms with Crippen LogP contribution in [0.5, 0.6) is 5.75 Å². The number of ether oxygens (including phenoxy) is 1. The highest BCUT2D eigenvalue weighted by molar-refractivity contribution is 6.08. The number of halogens is 2. The number of rotatable bonds is 5. The van der Waals surface area contributed by atoms with Crippen LogP contribution >= 0.6 is 0 Å². The van der Waals surface area contributed by atoms with Gasteiger partial charge < -0.3 is 15.0 Å². The Labute approximate surface area is 195 Å². The van der Waals surface area contributed by atoms with E-state index in [9.17, 15) is 13.6 Å². The number of aryl methyl sites for hydroxylation is 1. The summed E-state index contributed by atoms with van der Waals surface area (Å²) in [4.78, 5) is 19.1. The molecule has 0 unspecified atom stereocenters. The Morgan fingerprint density at radius 3 is 2.68 bits per heavy atom. The molecule has 3 heterocycles. The number of fused-ring (bicyclic) bond motifs is 1. The van der Waals surface area contributed by atoms with Crippen molar-refractivity contribution in [3.63, 3.8) is 0 Å². The summed E-state index contributed by atoms with van der Waals surface area (Å²) in [5, 5.41) is 8.34. The molecule has 1 aliphatic heterocycles. The highest BCUT2D eigenvalue weighted by atomic mass is 19.1. The summed E-state index contributed by atoms with van der Waals surface area (Å²) in [6.07, 6.45) is 4.44. The molecule has 5 rings (SSSR count). The summed E-state index contributed by atoms with van der Waals surface area (Å²) >= 11 is 0. The number of anilines is 2. The predicted molar refractivity (Wildman–Crippen MR) is 125 cm³/mol. The second-order valence-electron chi connectivity index (χ2n) is 8.22. The maximum atomic E-state index is 14.0. The number of piperidine rings is 1. The van der Waals surface area contributed by atoms with Crippen LogP contribution in [0, 0.1) is 11.6 Å². The summed E-state index contributed by atoms with van der Waals surface area (Å²) < 4.78 is 34.8. The van der Waals surface area contributed by atoms with Gasteiger partial charge in [0, 0.05) is 50.6 Å². The van der Waals surface area contributed by atoms with Crippen LogP contribution in [-0.2, 0) is 7.05 Å². The lowest BCUT2D eigenvalue weighted by molar-refractivity contribution is 0.102. The number of amides is 1. The van der Waals surface area contributed by atoms with Gasteiger partial charge in [-0.25, -0.2) is 8.78 Å². The highest BCUT2D eigenvalue weighted by Gasteiger charge is 2.26. The molecule has 0 atom stereocenters. The number of carbonyl (C=O) groups excluding carboxylic acids is 1. The van der Waals surface area contributed by atoms with E-state index < -0.39 is 11.6 Å².